The topological polar surface area (TPSA) is 137 Å². The van der Waals surface area contributed by atoms with Crippen LogP contribution in [-0.4, -0.2) is 71.2 Å². The van der Waals surface area contributed by atoms with Gasteiger partial charge in [-0.05, 0) is 67.4 Å². The maximum Gasteiger partial charge on any atom is 0.315 e. The first-order chi connectivity index (χ1) is 21.9. The lowest BCUT2D eigenvalue weighted by Crippen LogP contribution is -2.75. The Hall–Kier alpha value is -3.43. The molecule has 1 heterocycles. The minimum absolute atomic E-state index is 0.0358. The number of rotatable bonds is 10. The molecule has 2 unspecified atom stereocenters. The van der Waals surface area contributed by atoms with Crippen LogP contribution in [0.4, 0.5) is 4.79 Å². The molecule has 250 valence electrons. The molecule has 4 N–H and O–H groups in total. The molecule has 10 nitrogen and oxygen atoms in total. The third-order valence-electron chi connectivity index (χ3n) is 11.0. The Bertz CT molecular complexity index is 1330. The van der Waals surface area contributed by atoms with Gasteiger partial charge in [-0.25, -0.2) is 4.79 Å². The standard InChI is InChI=1S/C36H51N5O5/c1-35(2,3)29(40-34(46)38-25-14-5-4-6-15-25)33(45)41-21-36(19-23-12-7-8-13-24(23)20-36)30(41)32(44)39-27(18-22-10-9-11-22)28(42)31(43)37-26-16-17-26/h7-8,12-13,22,25-27,29-30H,4-6,9-11,14-21H2,1-3H3,(H,37,43)(H,39,44)(H2,38,40,46)/t27?,29-,30?/m1/s1. The summed E-state index contributed by atoms with van der Waals surface area (Å²) >= 11 is 0. The summed E-state index contributed by atoms with van der Waals surface area (Å²) in [6, 6.07) is 5.27. The van der Waals surface area contributed by atoms with Crippen molar-refractivity contribution in [3.63, 3.8) is 0 Å². The first-order valence-corrected chi connectivity index (χ1v) is 17.5. The summed E-state index contributed by atoms with van der Waals surface area (Å²) in [5.41, 5.74) is 1.19. The Balaban J connectivity index is 1.23. The van der Waals surface area contributed by atoms with E-state index in [0.717, 1.165) is 68.9 Å². The van der Waals surface area contributed by atoms with Gasteiger partial charge >= 0.3 is 6.03 Å². The fraction of sp³-hybridized carbons (Fsp3) is 0.694. The van der Waals surface area contributed by atoms with E-state index in [-0.39, 0.29) is 29.9 Å². The summed E-state index contributed by atoms with van der Waals surface area (Å²) < 4.78 is 0. The fourth-order valence-corrected chi connectivity index (χ4v) is 7.99. The zero-order valence-electron chi connectivity index (χ0n) is 27.7. The van der Waals surface area contributed by atoms with Crippen molar-refractivity contribution >= 4 is 29.5 Å². The molecule has 5 aliphatic rings. The van der Waals surface area contributed by atoms with Gasteiger partial charge < -0.3 is 26.2 Å². The number of nitrogens with zero attached hydrogens (tertiary/aromatic N) is 1. The van der Waals surface area contributed by atoms with Crippen molar-refractivity contribution in [2.75, 3.05) is 6.54 Å². The lowest BCUT2D eigenvalue weighted by molar-refractivity contribution is -0.168. The predicted molar refractivity (Wildman–Crippen MR) is 174 cm³/mol. The van der Waals surface area contributed by atoms with Crippen molar-refractivity contribution in [1.82, 2.24) is 26.2 Å². The summed E-state index contributed by atoms with van der Waals surface area (Å²) in [7, 11) is 0. The van der Waals surface area contributed by atoms with E-state index in [2.05, 4.69) is 33.4 Å². The Labute approximate surface area is 272 Å². The van der Waals surface area contributed by atoms with E-state index in [9.17, 15) is 24.0 Å². The monoisotopic (exact) mass is 633 g/mol. The minimum atomic E-state index is -0.937. The van der Waals surface area contributed by atoms with E-state index in [1.165, 1.54) is 6.42 Å². The van der Waals surface area contributed by atoms with Gasteiger partial charge in [0.1, 0.15) is 12.1 Å². The summed E-state index contributed by atoms with van der Waals surface area (Å²) in [5, 5.41) is 11.8. The quantitative estimate of drug-likeness (QED) is 0.292. The minimum Gasteiger partial charge on any atom is -0.347 e. The summed E-state index contributed by atoms with van der Waals surface area (Å²) in [6.45, 7) is 6.12. The maximum atomic E-state index is 14.4. The highest BCUT2D eigenvalue weighted by Gasteiger charge is 2.61. The second-order valence-corrected chi connectivity index (χ2v) is 15.8. The molecule has 3 saturated carbocycles. The molecule has 46 heavy (non-hydrogen) atoms. The number of amides is 5. The number of urea groups is 1. The normalized spacial score (nSPS) is 23.7. The summed E-state index contributed by atoms with van der Waals surface area (Å²) in [6.07, 6.45) is 11.6. The van der Waals surface area contributed by atoms with Crippen LogP contribution in [0, 0.1) is 16.7 Å². The van der Waals surface area contributed by atoms with Gasteiger partial charge in [0.15, 0.2) is 0 Å². The van der Waals surface area contributed by atoms with Crippen molar-refractivity contribution in [3.05, 3.63) is 35.4 Å². The molecule has 1 aromatic rings. The van der Waals surface area contributed by atoms with Gasteiger partial charge in [-0.1, -0.05) is 83.6 Å². The van der Waals surface area contributed by atoms with Crippen molar-refractivity contribution in [2.24, 2.45) is 16.7 Å². The van der Waals surface area contributed by atoms with Crippen LogP contribution in [0.15, 0.2) is 24.3 Å². The van der Waals surface area contributed by atoms with Crippen molar-refractivity contribution < 1.29 is 24.0 Å². The number of benzene rings is 1. The molecule has 6 rings (SSSR count). The number of carbonyl (C=O) groups is 5. The summed E-state index contributed by atoms with van der Waals surface area (Å²) in [4.78, 5) is 69.8. The number of carbonyl (C=O) groups excluding carboxylic acids is 5. The Morgan fingerprint density at radius 2 is 1.46 bits per heavy atom. The molecule has 0 bridgehead atoms. The Morgan fingerprint density at radius 1 is 0.826 bits per heavy atom. The highest BCUT2D eigenvalue weighted by atomic mass is 16.2. The largest absolute Gasteiger partial charge is 0.347 e. The summed E-state index contributed by atoms with van der Waals surface area (Å²) in [5.74, 6) is -1.67. The van der Waals surface area contributed by atoms with Gasteiger partial charge in [-0.2, -0.15) is 0 Å². The molecule has 4 fully saturated rings. The lowest BCUT2D eigenvalue weighted by Gasteiger charge is -2.56. The van der Waals surface area contributed by atoms with Crippen LogP contribution in [0.25, 0.3) is 0 Å². The number of likely N-dealkylation sites (tertiary alicyclic amines) is 1. The molecular formula is C36H51N5O5. The smallest absolute Gasteiger partial charge is 0.315 e. The molecule has 1 aromatic carbocycles. The number of nitrogens with one attached hydrogen (secondary N) is 4. The molecule has 1 spiro atoms. The van der Waals surface area contributed by atoms with Crippen LogP contribution in [-0.2, 0) is 32.0 Å². The molecular weight excluding hydrogens is 582 g/mol. The van der Waals surface area contributed by atoms with Crippen LogP contribution in [0.5, 0.6) is 0 Å². The van der Waals surface area contributed by atoms with Gasteiger partial charge in [0, 0.05) is 24.0 Å². The highest BCUT2D eigenvalue weighted by molar-refractivity contribution is 6.38. The van der Waals surface area contributed by atoms with Crippen LogP contribution >= 0.6 is 0 Å². The van der Waals surface area contributed by atoms with Crippen LogP contribution in [0.1, 0.15) is 103 Å². The van der Waals surface area contributed by atoms with E-state index in [1.807, 2.05) is 32.9 Å². The fourth-order valence-electron chi connectivity index (χ4n) is 7.99. The van der Waals surface area contributed by atoms with Gasteiger partial charge in [0.2, 0.25) is 17.6 Å². The van der Waals surface area contributed by atoms with E-state index < -0.39 is 46.6 Å². The SMILES string of the molecule is CC(C)(C)[C@H](NC(=O)NC1CCCCC1)C(=O)N1CC2(Cc3ccccc3C2)C1C(=O)NC(CC1CCC1)C(=O)C(=O)NC1CC1. The number of ketones is 1. The van der Waals surface area contributed by atoms with Crippen molar-refractivity contribution in [1.29, 1.82) is 0 Å². The second kappa shape index (κ2) is 13.0. The lowest BCUT2D eigenvalue weighted by atomic mass is 9.67. The predicted octanol–water partition coefficient (Wildman–Crippen LogP) is 3.55. The van der Waals surface area contributed by atoms with Gasteiger partial charge in [-0.15, -0.1) is 0 Å². The van der Waals surface area contributed by atoms with Gasteiger partial charge in [-0.3, -0.25) is 19.2 Å². The molecule has 4 aliphatic carbocycles. The van der Waals surface area contributed by atoms with E-state index >= 15 is 0 Å². The molecule has 0 aromatic heterocycles. The molecule has 0 radical (unpaired) electrons. The van der Waals surface area contributed by atoms with Crippen LogP contribution < -0.4 is 21.3 Å². The third-order valence-corrected chi connectivity index (χ3v) is 11.0. The number of hydrogen-bond acceptors (Lipinski definition) is 5. The zero-order chi connectivity index (χ0) is 32.6. The zero-order valence-corrected chi connectivity index (χ0v) is 27.7. The number of fused-ring (bicyclic) bond motifs is 1. The number of Topliss-reactive ketones (excluding diaryl/α,β-unsaturated/α-hetero) is 1. The third kappa shape index (κ3) is 6.95. The first-order valence-electron chi connectivity index (χ1n) is 17.5. The van der Waals surface area contributed by atoms with E-state index in [0.29, 0.717) is 25.8 Å². The van der Waals surface area contributed by atoms with E-state index in [4.69, 9.17) is 0 Å². The molecule has 1 aliphatic heterocycles. The van der Waals surface area contributed by atoms with Crippen molar-refractivity contribution in [2.45, 2.75) is 134 Å². The average molecular weight is 634 g/mol. The Morgan fingerprint density at radius 3 is 2.02 bits per heavy atom. The molecule has 3 atom stereocenters. The van der Waals surface area contributed by atoms with Crippen LogP contribution in [0.3, 0.4) is 0 Å². The molecule has 10 heteroatoms. The Kier molecular flexibility index (Phi) is 9.18. The van der Waals surface area contributed by atoms with Gasteiger partial charge in [0.05, 0.1) is 6.04 Å². The van der Waals surface area contributed by atoms with Gasteiger partial charge in [0.25, 0.3) is 5.91 Å². The molecule has 5 amide bonds. The maximum absolute atomic E-state index is 14.4. The molecule has 1 saturated heterocycles. The van der Waals surface area contributed by atoms with E-state index in [1.54, 1.807) is 4.90 Å². The van der Waals surface area contributed by atoms with Crippen LogP contribution in [0.2, 0.25) is 0 Å². The van der Waals surface area contributed by atoms with Crippen molar-refractivity contribution in [3.8, 4) is 0 Å². The first kappa shape index (κ1) is 32.5. The second-order valence-electron chi connectivity index (χ2n) is 15.8. The average Bonchev–Trinajstić information content (AvgIpc) is 3.70. The highest BCUT2D eigenvalue weighted by Crippen LogP contribution is 2.49. The number of hydrogen-bond donors (Lipinski definition) is 4.